The number of hydrogen-bond donors (Lipinski definition) is 1. The summed E-state index contributed by atoms with van der Waals surface area (Å²) in [5.74, 6) is -0.180. The molecule has 0 saturated carbocycles. The van der Waals surface area contributed by atoms with E-state index in [-0.39, 0.29) is 37.2 Å². The van der Waals surface area contributed by atoms with Crippen LogP contribution in [-0.4, -0.2) is 47.2 Å². The van der Waals surface area contributed by atoms with Gasteiger partial charge in [0, 0.05) is 32.0 Å². The summed E-state index contributed by atoms with van der Waals surface area (Å²) in [7, 11) is 0. The highest BCUT2D eigenvalue weighted by molar-refractivity contribution is 5.81. The van der Waals surface area contributed by atoms with Crippen LogP contribution in [0.25, 0.3) is 0 Å². The van der Waals surface area contributed by atoms with Crippen molar-refractivity contribution in [2.75, 3.05) is 19.7 Å². The number of carbonyl (C=O) groups excluding carboxylic acids is 2. The summed E-state index contributed by atoms with van der Waals surface area (Å²) in [6.07, 6.45) is 1.15. The number of amides is 1. The number of likely N-dealkylation sites (tertiary alicyclic amines) is 1. The van der Waals surface area contributed by atoms with E-state index in [0.29, 0.717) is 13.1 Å². The summed E-state index contributed by atoms with van der Waals surface area (Å²) in [5.41, 5.74) is -0.504. The maximum atomic E-state index is 11.8. The molecule has 0 aromatic carbocycles. The molecule has 1 aliphatic heterocycles. The first kappa shape index (κ1) is 15.0. The summed E-state index contributed by atoms with van der Waals surface area (Å²) in [6, 6.07) is 0. The molecule has 0 aromatic heterocycles. The maximum absolute atomic E-state index is 11.8. The Morgan fingerprint density at radius 3 is 2.50 bits per heavy atom. The number of ether oxygens (including phenoxy) is 1. The van der Waals surface area contributed by atoms with Gasteiger partial charge in [0.2, 0.25) is 5.91 Å². The molecule has 5 nitrogen and oxygen atoms in total. The number of carbonyl (C=O) groups is 2. The zero-order chi connectivity index (χ0) is 13.8. The number of aliphatic hydroxyl groups is 1. The van der Waals surface area contributed by atoms with Gasteiger partial charge in [0.05, 0.1) is 6.42 Å². The van der Waals surface area contributed by atoms with Gasteiger partial charge in [-0.1, -0.05) is 0 Å². The van der Waals surface area contributed by atoms with Gasteiger partial charge in [-0.15, -0.1) is 0 Å². The Morgan fingerprint density at radius 2 is 2.00 bits per heavy atom. The highest BCUT2D eigenvalue weighted by Gasteiger charge is 2.26. The molecule has 1 amide bonds. The highest BCUT2D eigenvalue weighted by atomic mass is 16.6. The van der Waals surface area contributed by atoms with E-state index in [4.69, 9.17) is 9.84 Å². The van der Waals surface area contributed by atoms with E-state index < -0.39 is 5.60 Å². The summed E-state index contributed by atoms with van der Waals surface area (Å²) in [6.45, 7) is 6.81. The minimum Gasteiger partial charge on any atom is -0.460 e. The number of esters is 1. The van der Waals surface area contributed by atoms with E-state index in [1.165, 1.54) is 0 Å². The second-order valence-corrected chi connectivity index (χ2v) is 5.76. The van der Waals surface area contributed by atoms with Crippen LogP contribution in [0, 0.1) is 5.92 Å². The Morgan fingerprint density at radius 1 is 1.33 bits per heavy atom. The van der Waals surface area contributed by atoms with Crippen LogP contribution in [0.4, 0.5) is 0 Å². The van der Waals surface area contributed by atoms with E-state index in [1.54, 1.807) is 25.7 Å². The molecule has 1 N–H and O–H groups in total. The van der Waals surface area contributed by atoms with Gasteiger partial charge in [-0.2, -0.15) is 0 Å². The lowest BCUT2D eigenvalue weighted by molar-refractivity contribution is -0.156. The van der Waals surface area contributed by atoms with E-state index >= 15 is 0 Å². The van der Waals surface area contributed by atoms with Crippen LogP contribution in [0.15, 0.2) is 0 Å². The maximum Gasteiger partial charge on any atom is 0.306 e. The second kappa shape index (κ2) is 6.18. The van der Waals surface area contributed by atoms with Gasteiger partial charge in [0.1, 0.15) is 5.60 Å². The first-order valence-corrected chi connectivity index (χ1v) is 6.42. The molecule has 1 rings (SSSR count). The van der Waals surface area contributed by atoms with Crippen molar-refractivity contribution in [3.63, 3.8) is 0 Å². The predicted molar refractivity (Wildman–Crippen MR) is 66.9 cm³/mol. The Labute approximate surface area is 108 Å². The molecule has 0 aromatic rings. The molecule has 104 valence electrons. The molecule has 0 radical (unpaired) electrons. The summed E-state index contributed by atoms with van der Waals surface area (Å²) in [5, 5.41) is 9.00. The Bertz CT molecular complexity index is 309. The van der Waals surface area contributed by atoms with Gasteiger partial charge in [-0.25, -0.2) is 0 Å². The van der Waals surface area contributed by atoms with Gasteiger partial charge in [-0.05, 0) is 27.2 Å². The molecule has 1 heterocycles. The predicted octanol–water partition coefficient (Wildman–Crippen LogP) is 0.949. The first-order valence-electron chi connectivity index (χ1n) is 6.42. The molecule has 1 saturated heterocycles. The van der Waals surface area contributed by atoms with Gasteiger partial charge >= 0.3 is 5.97 Å². The molecule has 1 atom stereocenters. The number of nitrogens with zero attached hydrogens (tertiary/aromatic N) is 1. The van der Waals surface area contributed by atoms with E-state index in [2.05, 4.69) is 0 Å². The average molecular weight is 257 g/mol. The fraction of sp³-hybridized carbons (Fsp3) is 0.846. The lowest BCUT2D eigenvalue weighted by Gasteiger charge is -2.20. The summed E-state index contributed by atoms with van der Waals surface area (Å²) >= 11 is 0. The number of rotatable bonds is 4. The van der Waals surface area contributed by atoms with Gasteiger partial charge in [-0.3, -0.25) is 9.59 Å². The standard InChI is InChI=1S/C13H23NO4/c1-13(2,3)18-12(17)5-4-11(16)14-7-6-10(8-14)9-15/h10,15H,4-9H2,1-3H3. The molecule has 0 aliphatic carbocycles. The third kappa shape index (κ3) is 5.04. The number of aliphatic hydroxyl groups excluding tert-OH is 1. The summed E-state index contributed by atoms with van der Waals surface area (Å²) in [4.78, 5) is 25.0. The van der Waals surface area contributed by atoms with Crippen molar-refractivity contribution >= 4 is 11.9 Å². The molecule has 1 unspecified atom stereocenters. The topological polar surface area (TPSA) is 66.8 Å². The summed E-state index contributed by atoms with van der Waals surface area (Å²) < 4.78 is 5.14. The highest BCUT2D eigenvalue weighted by Crippen LogP contribution is 2.17. The lowest BCUT2D eigenvalue weighted by atomic mass is 10.1. The van der Waals surface area contributed by atoms with Crippen molar-refractivity contribution in [3.05, 3.63) is 0 Å². The third-order valence-electron chi connectivity index (χ3n) is 2.86. The Hall–Kier alpha value is -1.10. The Kier molecular flexibility index (Phi) is 5.14. The number of hydrogen-bond acceptors (Lipinski definition) is 4. The molecule has 0 bridgehead atoms. The molecular formula is C13H23NO4. The minimum atomic E-state index is -0.504. The second-order valence-electron chi connectivity index (χ2n) is 5.76. The van der Waals surface area contributed by atoms with Crippen LogP contribution in [0.3, 0.4) is 0 Å². The largest absolute Gasteiger partial charge is 0.460 e. The normalized spacial score (nSPS) is 20.0. The van der Waals surface area contributed by atoms with Crippen molar-refractivity contribution < 1.29 is 19.4 Å². The van der Waals surface area contributed by atoms with E-state index in [0.717, 1.165) is 6.42 Å². The first-order chi connectivity index (χ1) is 8.31. The smallest absolute Gasteiger partial charge is 0.306 e. The molecule has 0 spiro atoms. The zero-order valence-electron chi connectivity index (χ0n) is 11.4. The van der Waals surface area contributed by atoms with Crippen LogP contribution in [-0.2, 0) is 14.3 Å². The van der Waals surface area contributed by atoms with Crippen molar-refractivity contribution in [2.24, 2.45) is 5.92 Å². The van der Waals surface area contributed by atoms with Crippen LogP contribution in [0.1, 0.15) is 40.0 Å². The quantitative estimate of drug-likeness (QED) is 0.761. The fourth-order valence-corrected chi connectivity index (χ4v) is 1.97. The van der Waals surface area contributed by atoms with E-state index in [9.17, 15) is 9.59 Å². The third-order valence-corrected chi connectivity index (χ3v) is 2.86. The van der Waals surface area contributed by atoms with E-state index in [1.807, 2.05) is 0 Å². The SMILES string of the molecule is CC(C)(C)OC(=O)CCC(=O)N1CCC(CO)C1. The van der Waals surface area contributed by atoms with Crippen molar-refractivity contribution in [1.82, 2.24) is 4.90 Å². The zero-order valence-corrected chi connectivity index (χ0v) is 11.4. The van der Waals surface area contributed by atoms with Crippen LogP contribution in [0.2, 0.25) is 0 Å². The monoisotopic (exact) mass is 257 g/mol. The molecule has 1 aliphatic rings. The van der Waals surface area contributed by atoms with Crippen molar-refractivity contribution in [2.45, 2.75) is 45.6 Å². The Balaban J connectivity index is 2.27. The average Bonchev–Trinajstić information content (AvgIpc) is 2.72. The minimum absolute atomic E-state index is 0.0307. The molecule has 1 fully saturated rings. The fourth-order valence-electron chi connectivity index (χ4n) is 1.97. The van der Waals surface area contributed by atoms with Gasteiger partial charge in [0.15, 0.2) is 0 Å². The molecular weight excluding hydrogens is 234 g/mol. The van der Waals surface area contributed by atoms with Crippen LogP contribution >= 0.6 is 0 Å². The van der Waals surface area contributed by atoms with Gasteiger partial charge in [0.25, 0.3) is 0 Å². The van der Waals surface area contributed by atoms with Crippen LogP contribution in [0.5, 0.6) is 0 Å². The van der Waals surface area contributed by atoms with Crippen molar-refractivity contribution in [3.8, 4) is 0 Å². The van der Waals surface area contributed by atoms with Crippen molar-refractivity contribution in [1.29, 1.82) is 0 Å². The molecule has 5 heteroatoms. The van der Waals surface area contributed by atoms with Crippen LogP contribution < -0.4 is 0 Å². The molecule has 18 heavy (non-hydrogen) atoms. The van der Waals surface area contributed by atoms with Gasteiger partial charge < -0.3 is 14.7 Å². The lowest BCUT2D eigenvalue weighted by Crippen LogP contribution is -2.30.